The van der Waals surface area contributed by atoms with Crippen molar-refractivity contribution >= 4 is 11.8 Å². The van der Waals surface area contributed by atoms with Gasteiger partial charge in [-0.3, -0.25) is 0 Å². The highest BCUT2D eigenvalue weighted by Crippen LogP contribution is 2.33. The van der Waals surface area contributed by atoms with Gasteiger partial charge in [0.25, 0.3) is 0 Å². The molecule has 1 heterocycles. The second kappa shape index (κ2) is 2.96. The van der Waals surface area contributed by atoms with Gasteiger partial charge in [-0.25, -0.2) is 0 Å². The summed E-state index contributed by atoms with van der Waals surface area (Å²) in [5.41, 5.74) is 0. The molecule has 0 N–H and O–H groups in total. The van der Waals surface area contributed by atoms with Crippen molar-refractivity contribution in [2.45, 2.75) is 32.4 Å². The molecule has 1 aliphatic rings. The van der Waals surface area contributed by atoms with Crippen molar-refractivity contribution in [3.8, 4) is 0 Å². The fourth-order valence-corrected chi connectivity index (χ4v) is 2.77. The average molecular weight is 144 g/mol. The molecule has 3 unspecified atom stereocenters. The molecule has 0 aromatic rings. The Hall–Kier alpha value is 0.350. The van der Waals surface area contributed by atoms with Gasteiger partial charge in [0.1, 0.15) is 0 Å². The molecule has 1 aliphatic heterocycles. The van der Waals surface area contributed by atoms with Gasteiger partial charge in [0, 0.05) is 5.25 Å². The van der Waals surface area contributed by atoms with Crippen molar-refractivity contribution < 1.29 is 0 Å². The normalized spacial score (nSPS) is 45.0. The van der Waals surface area contributed by atoms with E-state index in [1.54, 1.807) is 0 Å². The van der Waals surface area contributed by atoms with Crippen LogP contribution >= 0.6 is 11.8 Å². The molecule has 54 valence electrons. The highest BCUT2D eigenvalue weighted by Gasteiger charge is 2.23. The van der Waals surface area contributed by atoms with Crippen molar-refractivity contribution in [1.82, 2.24) is 0 Å². The summed E-state index contributed by atoms with van der Waals surface area (Å²) >= 11 is 2.13. The summed E-state index contributed by atoms with van der Waals surface area (Å²) in [6, 6.07) is 0. The fraction of sp³-hybridized carbons (Fsp3) is 1.00. The van der Waals surface area contributed by atoms with Crippen molar-refractivity contribution in [2.24, 2.45) is 11.8 Å². The molecule has 0 aliphatic carbocycles. The average Bonchev–Trinajstić information content (AvgIpc) is 1.83. The Kier molecular flexibility index (Phi) is 2.45. The van der Waals surface area contributed by atoms with Crippen LogP contribution in [0, 0.1) is 11.8 Å². The Balaban J connectivity index is 2.41. The van der Waals surface area contributed by atoms with E-state index < -0.39 is 0 Å². The van der Waals surface area contributed by atoms with E-state index in [9.17, 15) is 0 Å². The predicted molar refractivity (Wildman–Crippen MR) is 44.9 cm³/mol. The van der Waals surface area contributed by atoms with Gasteiger partial charge in [0.05, 0.1) is 0 Å². The van der Waals surface area contributed by atoms with E-state index in [2.05, 4.69) is 32.5 Å². The van der Waals surface area contributed by atoms with E-state index in [0.29, 0.717) is 0 Å². The van der Waals surface area contributed by atoms with Gasteiger partial charge in [-0.05, 0) is 24.0 Å². The van der Waals surface area contributed by atoms with E-state index in [1.807, 2.05) is 0 Å². The third-order valence-corrected chi connectivity index (χ3v) is 4.02. The summed E-state index contributed by atoms with van der Waals surface area (Å²) in [5.74, 6) is 3.28. The first kappa shape index (κ1) is 7.46. The highest BCUT2D eigenvalue weighted by atomic mass is 32.2. The summed E-state index contributed by atoms with van der Waals surface area (Å²) in [7, 11) is 0. The van der Waals surface area contributed by atoms with Crippen LogP contribution in [0.5, 0.6) is 0 Å². The van der Waals surface area contributed by atoms with E-state index in [0.717, 1.165) is 17.1 Å². The van der Waals surface area contributed by atoms with E-state index >= 15 is 0 Å². The van der Waals surface area contributed by atoms with Crippen LogP contribution in [-0.2, 0) is 0 Å². The molecule has 3 atom stereocenters. The molecule has 0 nitrogen and oxygen atoms in total. The first-order chi connectivity index (χ1) is 4.22. The largest absolute Gasteiger partial charge is 0.159 e. The summed E-state index contributed by atoms with van der Waals surface area (Å²) in [6.45, 7) is 7.10. The van der Waals surface area contributed by atoms with Crippen LogP contribution in [0.2, 0.25) is 0 Å². The molecule has 0 spiro atoms. The molecule has 0 radical (unpaired) electrons. The lowest BCUT2D eigenvalue weighted by Gasteiger charge is -2.30. The standard InChI is InChI=1S/C8H16S/c1-6-4-5-9-8(3)7(6)2/h6-8H,4-5H2,1-3H3. The zero-order valence-electron chi connectivity index (χ0n) is 6.55. The first-order valence-corrected chi connectivity index (χ1v) is 4.88. The molecule has 1 saturated heterocycles. The van der Waals surface area contributed by atoms with Crippen LogP contribution in [0.3, 0.4) is 0 Å². The summed E-state index contributed by atoms with van der Waals surface area (Å²) in [5, 5.41) is 0.897. The fourth-order valence-electron chi connectivity index (χ4n) is 1.32. The maximum Gasteiger partial charge on any atom is 0.00469 e. The summed E-state index contributed by atoms with van der Waals surface area (Å²) < 4.78 is 0. The van der Waals surface area contributed by atoms with Crippen LogP contribution in [-0.4, -0.2) is 11.0 Å². The van der Waals surface area contributed by atoms with Gasteiger partial charge in [-0.15, -0.1) is 0 Å². The Morgan fingerprint density at radius 3 is 2.33 bits per heavy atom. The number of hydrogen-bond acceptors (Lipinski definition) is 1. The van der Waals surface area contributed by atoms with Crippen molar-refractivity contribution in [3.05, 3.63) is 0 Å². The molecule has 1 rings (SSSR count). The van der Waals surface area contributed by atoms with Crippen molar-refractivity contribution in [3.63, 3.8) is 0 Å². The predicted octanol–water partition coefficient (Wildman–Crippen LogP) is 2.78. The Labute approximate surface area is 62.4 Å². The lowest BCUT2D eigenvalue weighted by atomic mass is 9.91. The first-order valence-electron chi connectivity index (χ1n) is 3.83. The van der Waals surface area contributed by atoms with Gasteiger partial charge in [-0.2, -0.15) is 11.8 Å². The van der Waals surface area contributed by atoms with Crippen molar-refractivity contribution in [2.75, 3.05) is 5.75 Å². The van der Waals surface area contributed by atoms with Crippen LogP contribution < -0.4 is 0 Å². The molecule has 9 heavy (non-hydrogen) atoms. The lowest BCUT2D eigenvalue weighted by Crippen LogP contribution is -2.24. The Morgan fingerprint density at radius 1 is 1.22 bits per heavy atom. The van der Waals surface area contributed by atoms with E-state index in [4.69, 9.17) is 0 Å². The second-order valence-electron chi connectivity index (χ2n) is 3.20. The zero-order valence-corrected chi connectivity index (χ0v) is 7.37. The van der Waals surface area contributed by atoms with E-state index in [-0.39, 0.29) is 0 Å². The Bertz CT molecular complexity index is 80.6. The van der Waals surface area contributed by atoms with Crippen LogP contribution in [0.15, 0.2) is 0 Å². The monoisotopic (exact) mass is 144 g/mol. The van der Waals surface area contributed by atoms with Gasteiger partial charge in [0.2, 0.25) is 0 Å². The van der Waals surface area contributed by atoms with Gasteiger partial charge >= 0.3 is 0 Å². The molecule has 1 heteroatoms. The van der Waals surface area contributed by atoms with Crippen LogP contribution in [0.4, 0.5) is 0 Å². The molecular formula is C8H16S. The molecule has 0 aromatic carbocycles. The minimum absolute atomic E-state index is 0.897. The molecule has 1 fully saturated rings. The third kappa shape index (κ3) is 1.64. The van der Waals surface area contributed by atoms with Gasteiger partial charge < -0.3 is 0 Å². The van der Waals surface area contributed by atoms with Gasteiger partial charge in [0.15, 0.2) is 0 Å². The smallest absolute Gasteiger partial charge is 0.00469 e. The quantitative estimate of drug-likeness (QED) is 0.504. The molecular weight excluding hydrogens is 128 g/mol. The maximum absolute atomic E-state index is 2.38. The SMILES string of the molecule is CC1CCSC(C)C1C. The Morgan fingerprint density at radius 2 is 1.89 bits per heavy atom. The van der Waals surface area contributed by atoms with Crippen LogP contribution in [0.25, 0.3) is 0 Å². The van der Waals surface area contributed by atoms with E-state index in [1.165, 1.54) is 12.2 Å². The highest BCUT2D eigenvalue weighted by molar-refractivity contribution is 7.99. The molecule has 0 bridgehead atoms. The maximum atomic E-state index is 2.38. The minimum atomic E-state index is 0.897. The molecule has 0 amide bonds. The van der Waals surface area contributed by atoms with Gasteiger partial charge in [-0.1, -0.05) is 20.8 Å². The number of thioether (sulfide) groups is 1. The topological polar surface area (TPSA) is 0 Å². The summed E-state index contributed by atoms with van der Waals surface area (Å²) in [6.07, 6.45) is 1.43. The zero-order chi connectivity index (χ0) is 6.85. The number of hydrogen-bond donors (Lipinski definition) is 0. The molecule has 0 aromatic heterocycles. The third-order valence-electron chi connectivity index (χ3n) is 2.59. The number of rotatable bonds is 0. The lowest BCUT2D eigenvalue weighted by molar-refractivity contribution is 0.365. The minimum Gasteiger partial charge on any atom is -0.159 e. The second-order valence-corrected chi connectivity index (χ2v) is 4.69. The summed E-state index contributed by atoms with van der Waals surface area (Å²) in [4.78, 5) is 0. The van der Waals surface area contributed by atoms with Crippen molar-refractivity contribution in [1.29, 1.82) is 0 Å². The van der Waals surface area contributed by atoms with Crippen LogP contribution in [0.1, 0.15) is 27.2 Å². The molecule has 0 saturated carbocycles.